The monoisotopic (exact) mass is 384 g/mol. The van der Waals surface area contributed by atoms with Crippen LogP contribution < -0.4 is 10.6 Å². The van der Waals surface area contributed by atoms with Gasteiger partial charge in [-0.25, -0.2) is 8.78 Å². The number of hydrogen-bond acceptors (Lipinski definition) is 2. The third-order valence-corrected chi connectivity index (χ3v) is 4.27. The fourth-order valence-corrected chi connectivity index (χ4v) is 2.56. The number of nitrogens with one attached hydrogen (secondary N) is 2. The zero-order valence-corrected chi connectivity index (χ0v) is 13.7. The van der Waals surface area contributed by atoms with Crippen LogP contribution >= 0.6 is 0 Å². The van der Waals surface area contributed by atoms with E-state index in [4.69, 9.17) is 0 Å². The van der Waals surface area contributed by atoms with Crippen molar-refractivity contribution in [3.8, 4) is 0 Å². The molecule has 27 heavy (non-hydrogen) atoms. The first-order chi connectivity index (χ1) is 12.6. The number of para-hydroxylation sites is 1. The van der Waals surface area contributed by atoms with Crippen LogP contribution in [0.2, 0.25) is 0 Å². The molecule has 0 unspecified atom stereocenters. The van der Waals surface area contributed by atoms with E-state index in [0.717, 1.165) is 36.4 Å². The third kappa shape index (κ3) is 3.76. The normalized spacial score (nSPS) is 15.1. The second-order valence-electron chi connectivity index (χ2n) is 6.17. The molecule has 0 saturated heterocycles. The van der Waals surface area contributed by atoms with Crippen molar-refractivity contribution in [2.75, 3.05) is 10.6 Å². The molecule has 4 nitrogen and oxygen atoms in total. The van der Waals surface area contributed by atoms with Crippen molar-refractivity contribution in [3.05, 3.63) is 59.7 Å². The maximum atomic E-state index is 13.7. The van der Waals surface area contributed by atoms with E-state index in [1.165, 1.54) is 6.07 Å². The van der Waals surface area contributed by atoms with Crippen molar-refractivity contribution >= 4 is 23.2 Å². The number of carbonyl (C=O) groups is 2. The van der Waals surface area contributed by atoms with E-state index in [9.17, 15) is 31.5 Å². The molecule has 0 heterocycles. The van der Waals surface area contributed by atoms with Gasteiger partial charge in [0.25, 0.3) is 0 Å². The van der Waals surface area contributed by atoms with Crippen LogP contribution in [-0.2, 0) is 15.8 Å². The highest BCUT2D eigenvalue weighted by atomic mass is 19.4. The first kappa shape index (κ1) is 18.8. The molecule has 1 aliphatic rings. The van der Waals surface area contributed by atoms with Gasteiger partial charge in [0.05, 0.1) is 5.56 Å². The van der Waals surface area contributed by atoms with Crippen LogP contribution in [0.4, 0.5) is 33.3 Å². The third-order valence-electron chi connectivity index (χ3n) is 4.27. The summed E-state index contributed by atoms with van der Waals surface area (Å²) in [7, 11) is 0. The van der Waals surface area contributed by atoms with Gasteiger partial charge in [-0.15, -0.1) is 0 Å². The van der Waals surface area contributed by atoms with Crippen LogP contribution in [0.15, 0.2) is 42.5 Å². The van der Waals surface area contributed by atoms with Crippen LogP contribution in [0.25, 0.3) is 0 Å². The lowest BCUT2D eigenvalue weighted by Gasteiger charge is -2.17. The van der Waals surface area contributed by atoms with Crippen molar-refractivity contribution in [2.24, 2.45) is 5.41 Å². The minimum atomic E-state index is -4.59. The Bertz CT molecular complexity index is 887. The highest BCUT2D eigenvalue weighted by Crippen LogP contribution is 2.48. The molecular weight excluding hydrogens is 371 g/mol. The zero-order chi connectivity index (χ0) is 19.8. The van der Waals surface area contributed by atoms with Gasteiger partial charge in [0.2, 0.25) is 11.8 Å². The number of alkyl halides is 3. The lowest BCUT2D eigenvalue weighted by atomic mass is 10.0. The average Bonchev–Trinajstić information content (AvgIpc) is 3.40. The SMILES string of the molecule is O=C(Nc1cccc(C(F)(F)F)c1)C1(C(=O)Nc2c(F)cccc2F)CC1. The second-order valence-corrected chi connectivity index (χ2v) is 6.17. The van der Waals surface area contributed by atoms with E-state index in [1.807, 2.05) is 0 Å². The maximum Gasteiger partial charge on any atom is 0.416 e. The molecular formula is C18H13F5N2O2. The van der Waals surface area contributed by atoms with Gasteiger partial charge in [0.1, 0.15) is 22.7 Å². The Morgan fingerprint density at radius 2 is 1.44 bits per heavy atom. The summed E-state index contributed by atoms with van der Waals surface area (Å²) in [5, 5.41) is 4.32. The number of benzene rings is 2. The fraction of sp³-hybridized carbons (Fsp3) is 0.222. The molecule has 2 N–H and O–H groups in total. The predicted molar refractivity (Wildman–Crippen MR) is 86.7 cm³/mol. The first-order valence-electron chi connectivity index (χ1n) is 7.88. The second kappa shape index (κ2) is 6.64. The smallest absolute Gasteiger partial charge is 0.325 e. The molecule has 1 saturated carbocycles. The summed E-state index contributed by atoms with van der Waals surface area (Å²) in [6.45, 7) is 0. The summed E-state index contributed by atoms with van der Waals surface area (Å²) >= 11 is 0. The zero-order valence-electron chi connectivity index (χ0n) is 13.7. The highest BCUT2D eigenvalue weighted by Gasteiger charge is 2.56. The summed E-state index contributed by atoms with van der Waals surface area (Å²) in [5.74, 6) is -3.76. The molecule has 0 radical (unpaired) electrons. The van der Waals surface area contributed by atoms with Gasteiger partial charge in [0, 0.05) is 5.69 Å². The van der Waals surface area contributed by atoms with Crippen molar-refractivity contribution in [2.45, 2.75) is 19.0 Å². The van der Waals surface area contributed by atoms with E-state index < -0.39 is 46.3 Å². The summed E-state index contributed by atoms with van der Waals surface area (Å²) in [6, 6.07) is 6.96. The molecule has 9 heteroatoms. The van der Waals surface area contributed by atoms with E-state index in [0.29, 0.717) is 0 Å². The van der Waals surface area contributed by atoms with Gasteiger partial charge in [-0.05, 0) is 43.2 Å². The molecule has 2 amide bonds. The van der Waals surface area contributed by atoms with Gasteiger partial charge in [0.15, 0.2) is 0 Å². The van der Waals surface area contributed by atoms with E-state index in [1.54, 1.807) is 0 Å². The van der Waals surface area contributed by atoms with Gasteiger partial charge in [-0.3, -0.25) is 9.59 Å². The van der Waals surface area contributed by atoms with Gasteiger partial charge < -0.3 is 10.6 Å². The molecule has 2 aromatic rings. The lowest BCUT2D eigenvalue weighted by molar-refractivity contribution is -0.137. The van der Waals surface area contributed by atoms with Gasteiger partial charge in [-0.1, -0.05) is 12.1 Å². The van der Waals surface area contributed by atoms with Crippen LogP contribution in [0, 0.1) is 17.0 Å². The lowest BCUT2D eigenvalue weighted by Crippen LogP contribution is -2.36. The molecule has 0 aromatic heterocycles. The molecule has 1 aliphatic carbocycles. The predicted octanol–water partition coefficient (Wildman–Crippen LogP) is 4.34. The Hall–Kier alpha value is -2.97. The van der Waals surface area contributed by atoms with Crippen molar-refractivity contribution < 1.29 is 31.5 Å². The number of rotatable bonds is 4. The topological polar surface area (TPSA) is 58.2 Å². The first-order valence-corrected chi connectivity index (χ1v) is 7.88. The maximum absolute atomic E-state index is 13.7. The molecule has 2 aromatic carbocycles. The molecule has 0 aliphatic heterocycles. The quantitative estimate of drug-likeness (QED) is 0.609. The molecule has 1 fully saturated rings. The fourth-order valence-electron chi connectivity index (χ4n) is 2.56. The van der Waals surface area contributed by atoms with Gasteiger partial charge in [-0.2, -0.15) is 13.2 Å². The number of anilines is 2. The minimum absolute atomic E-state index is 0.111. The Labute approximate surface area is 150 Å². The van der Waals surface area contributed by atoms with Crippen LogP contribution in [-0.4, -0.2) is 11.8 Å². The Morgan fingerprint density at radius 1 is 0.889 bits per heavy atom. The molecule has 0 atom stereocenters. The van der Waals surface area contributed by atoms with Crippen LogP contribution in [0.3, 0.4) is 0 Å². The summed E-state index contributed by atoms with van der Waals surface area (Å²) in [6.07, 6.45) is -4.36. The largest absolute Gasteiger partial charge is 0.416 e. The summed E-state index contributed by atoms with van der Waals surface area (Å²) in [5.41, 5.74) is -3.35. The number of amides is 2. The number of carbonyl (C=O) groups excluding carboxylic acids is 2. The number of halogens is 5. The Morgan fingerprint density at radius 3 is 2.00 bits per heavy atom. The number of hydrogen-bond donors (Lipinski definition) is 2. The van der Waals surface area contributed by atoms with Crippen molar-refractivity contribution in [1.29, 1.82) is 0 Å². The standard InChI is InChI=1S/C18H13F5N2O2/c19-12-5-2-6-13(20)14(12)25-16(27)17(7-8-17)15(26)24-11-4-1-3-10(9-11)18(21,22)23/h1-6,9H,7-8H2,(H,24,26)(H,25,27). The molecule has 3 rings (SSSR count). The van der Waals surface area contributed by atoms with E-state index >= 15 is 0 Å². The summed E-state index contributed by atoms with van der Waals surface area (Å²) < 4.78 is 65.6. The van der Waals surface area contributed by atoms with Crippen LogP contribution in [0.1, 0.15) is 18.4 Å². The Balaban J connectivity index is 1.76. The van der Waals surface area contributed by atoms with E-state index in [2.05, 4.69) is 10.6 Å². The van der Waals surface area contributed by atoms with Gasteiger partial charge >= 0.3 is 6.18 Å². The molecule has 0 bridgehead atoms. The van der Waals surface area contributed by atoms with Crippen molar-refractivity contribution in [3.63, 3.8) is 0 Å². The summed E-state index contributed by atoms with van der Waals surface area (Å²) in [4.78, 5) is 24.8. The molecule has 142 valence electrons. The Kier molecular flexibility index (Phi) is 4.63. The average molecular weight is 384 g/mol. The minimum Gasteiger partial charge on any atom is -0.325 e. The molecule has 0 spiro atoms. The van der Waals surface area contributed by atoms with Crippen LogP contribution in [0.5, 0.6) is 0 Å². The van der Waals surface area contributed by atoms with E-state index in [-0.39, 0.29) is 18.5 Å². The highest BCUT2D eigenvalue weighted by molar-refractivity contribution is 6.17. The van der Waals surface area contributed by atoms with Crippen molar-refractivity contribution in [1.82, 2.24) is 0 Å².